The summed E-state index contributed by atoms with van der Waals surface area (Å²) in [6.07, 6.45) is 1.78. The summed E-state index contributed by atoms with van der Waals surface area (Å²) in [7, 11) is 0. The third kappa shape index (κ3) is 2.54. The van der Waals surface area contributed by atoms with Gasteiger partial charge in [0.15, 0.2) is 0 Å². The number of aryl methyl sites for hydroxylation is 1. The Balaban J connectivity index is 2.20. The molecular weight excluding hydrogens is 226 g/mol. The molecule has 4 heteroatoms. The first-order chi connectivity index (χ1) is 8.76. The van der Waals surface area contributed by atoms with Gasteiger partial charge in [0.1, 0.15) is 5.75 Å². The zero-order valence-electron chi connectivity index (χ0n) is 10.8. The molecule has 0 fully saturated rings. The van der Waals surface area contributed by atoms with Crippen LogP contribution in [-0.4, -0.2) is 16.4 Å². The lowest BCUT2D eigenvalue weighted by atomic mass is 10.0. The Hall–Kier alpha value is -1.81. The molecule has 18 heavy (non-hydrogen) atoms. The van der Waals surface area contributed by atoms with E-state index in [-0.39, 0.29) is 6.04 Å². The van der Waals surface area contributed by atoms with Crippen LogP contribution in [0.15, 0.2) is 36.5 Å². The highest BCUT2D eigenvalue weighted by molar-refractivity contribution is 5.32. The van der Waals surface area contributed by atoms with Crippen molar-refractivity contribution in [2.45, 2.75) is 26.4 Å². The van der Waals surface area contributed by atoms with Crippen LogP contribution < -0.4 is 10.5 Å². The maximum Gasteiger partial charge on any atom is 0.119 e. The third-order valence-electron chi connectivity index (χ3n) is 2.92. The fraction of sp³-hybridized carbons (Fsp3) is 0.357. The van der Waals surface area contributed by atoms with Gasteiger partial charge in [-0.05, 0) is 37.6 Å². The van der Waals surface area contributed by atoms with E-state index in [0.717, 1.165) is 23.6 Å². The van der Waals surface area contributed by atoms with Crippen LogP contribution in [-0.2, 0) is 6.54 Å². The number of rotatable bonds is 5. The monoisotopic (exact) mass is 245 g/mol. The minimum atomic E-state index is -0.150. The van der Waals surface area contributed by atoms with E-state index in [1.807, 2.05) is 41.9 Å². The van der Waals surface area contributed by atoms with Crippen molar-refractivity contribution in [2.75, 3.05) is 6.61 Å². The van der Waals surface area contributed by atoms with Crippen molar-refractivity contribution in [3.05, 3.63) is 47.8 Å². The van der Waals surface area contributed by atoms with Crippen LogP contribution in [0.25, 0.3) is 0 Å². The highest BCUT2D eigenvalue weighted by Crippen LogP contribution is 2.21. The summed E-state index contributed by atoms with van der Waals surface area (Å²) >= 11 is 0. The highest BCUT2D eigenvalue weighted by Gasteiger charge is 2.13. The number of hydrogen-bond acceptors (Lipinski definition) is 3. The summed E-state index contributed by atoms with van der Waals surface area (Å²) < 4.78 is 7.34. The fourth-order valence-corrected chi connectivity index (χ4v) is 1.98. The molecule has 0 aliphatic heterocycles. The molecular formula is C14H19N3O. The molecule has 1 aromatic carbocycles. The molecule has 2 rings (SSSR count). The van der Waals surface area contributed by atoms with Gasteiger partial charge in [-0.25, -0.2) is 0 Å². The predicted molar refractivity (Wildman–Crippen MR) is 71.5 cm³/mol. The van der Waals surface area contributed by atoms with Crippen LogP contribution in [0.1, 0.15) is 31.1 Å². The molecule has 0 saturated heterocycles. The van der Waals surface area contributed by atoms with E-state index in [1.54, 1.807) is 6.20 Å². The van der Waals surface area contributed by atoms with Gasteiger partial charge in [-0.3, -0.25) is 4.68 Å². The number of nitrogens with zero attached hydrogens (tertiary/aromatic N) is 2. The van der Waals surface area contributed by atoms with Crippen molar-refractivity contribution in [1.29, 1.82) is 0 Å². The van der Waals surface area contributed by atoms with Crippen LogP contribution in [0.3, 0.4) is 0 Å². The van der Waals surface area contributed by atoms with Crippen molar-refractivity contribution in [3.63, 3.8) is 0 Å². The lowest BCUT2D eigenvalue weighted by Crippen LogP contribution is -2.17. The average Bonchev–Trinajstić information content (AvgIpc) is 2.87. The Labute approximate surface area is 107 Å². The van der Waals surface area contributed by atoms with Crippen LogP contribution in [0.5, 0.6) is 5.75 Å². The molecule has 0 saturated carbocycles. The van der Waals surface area contributed by atoms with E-state index < -0.39 is 0 Å². The molecule has 2 aromatic rings. The number of hydrogen-bond donors (Lipinski definition) is 1. The Kier molecular flexibility index (Phi) is 3.99. The van der Waals surface area contributed by atoms with E-state index in [2.05, 4.69) is 12.0 Å². The smallest absolute Gasteiger partial charge is 0.119 e. The molecule has 1 unspecified atom stereocenters. The van der Waals surface area contributed by atoms with Crippen LogP contribution in [0.4, 0.5) is 0 Å². The summed E-state index contributed by atoms with van der Waals surface area (Å²) in [5.74, 6) is 0.873. The summed E-state index contributed by atoms with van der Waals surface area (Å²) in [5, 5.41) is 4.24. The zero-order valence-corrected chi connectivity index (χ0v) is 10.8. The Morgan fingerprint density at radius 3 is 2.56 bits per heavy atom. The predicted octanol–water partition coefficient (Wildman–Crippen LogP) is 2.35. The first kappa shape index (κ1) is 12.6. The number of aromatic nitrogens is 2. The molecule has 0 amide bonds. The van der Waals surface area contributed by atoms with Gasteiger partial charge in [0.2, 0.25) is 0 Å². The molecule has 0 bridgehead atoms. The van der Waals surface area contributed by atoms with Gasteiger partial charge in [0, 0.05) is 12.7 Å². The molecule has 0 spiro atoms. The van der Waals surface area contributed by atoms with Crippen molar-refractivity contribution >= 4 is 0 Å². The Morgan fingerprint density at radius 2 is 1.94 bits per heavy atom. The van der Waals surface area contributed by atoms with Gasteiger partial charge >= 0.3 is 0 Å². The zero-order chi connectivity index (χ0) is 13.0. The third-order valence-corrected chi connectivity index (χ3v) is 2.92. The SMILES string of the molecule is CCOc1ccc(C(N)c2ccnn2CC)cc1. The van der Waals surface area contributed by atoms with Gasteiger partial charge in [-0.1, -0.05) is 12.1 Å². The van der Waals surface area contributed by atoms with Gasteiger partial charge in [0.25, 0.3) is 0 Å². The maximum atomic E-state index is 6.26. The highest BCUT2D eigenvalue weighted by atomic mass is 16.5. The van der Waals surface area contributed by atoms with Gasteiger partial charge in [-0.15, -0.1) is 0 Å². The van der Waals surface area contributed by atoms with Gasteiger partial charge in [0.05, 0.1) is 18.3 Å². The van der Waals surface area contributed by atoms with Crippen molar-refractivity contribution < 1.29 is 4.74 Å². The quantitative estimate of drug-likeness (QED) is 0.879. The lowest BCUT2D eigenvalue weighted by Gasteiger charge is -2.14. The van der Waals surface area contributed by atoms with Crippen molar-refractivity contribution in [2.24, 2.45) is 5.73 Å². The van der Waals surface area contributed by atoms with E-state index in [1.165, 1.54) is 0 Å². The number of benzene rings is 1. The minimum Gasteiger partial charge on any atom is -0.494 e. The van der Waals surface area contributed by atoms with E-state index in [9.17, 15) is 0 Å². The second-order valence-corrected chi connectivity index (χ2v) is 4.05. The van der Waals surface area contributed by atoms with E-state index in [4.69, 9.17) is 10.5 Å². The van der Waals surface area contributed by atoms with Gasteiger partial charge < -0.3 is 10.5 Å². The molecule has 2 N–H and O–H groups in total. The summed E-state index contributed by atoms with van der Waals surface area (Å²) in [6.45, 7) is 5.53. The largest absolute Gasteiger partial charge is 0.494 e. The van der Waals surface area contributed by atoms with E-state index >= 15 is 0 Å². The topological polar surface area (TPSA) is 53.1 Å². The molecule has 1 heterocycles. The minimum absolute atomic E-state index is 0.150. The van der Waals surface area contributed by atoms with Crippen LogP contribution in [0.2, 0.25) is 0 Å². The summed E-state index contributed by atoms with van der Waals surface area (Å²) in [6, 6.07) is 9.72. The second-order valence-electron chi connectivity index (χ2n) is 4.05. The normalized spacial score (nSPS) is 12.4. The average molecular weight is 245 g/mol. The van der Waals surface area contributed by atoms with Crippen molar-refractivity contribution in [1.82, 2.24) is 9.78 Å². The second kappa shape index (κ2) is 5.69. The van der Waals surface area contributed by atoms with E-state index in [0.29, 0.717) is 6.61 Å². The van der Waals surface area contributed by atoms with Crippen molar-refractivity contribution in [3.8, 4) is 5.75 Å². The molecule has 0 aliphatic rings. The molecule has 4 nitrogen and oxygen atoms in total. The first-order valence-corrected chi connectivity index (χ1v) is 6.26. The Bertz CT molecular complexity index is 490. The van der Waals surface area contributed by atoms with Gasteiger partial charge in [-0.2, -0.15) is 5.10 Å². The fourth-order valence-electron chi connectivity index (χ4n) is 1.98. The lowest BCUT2D eigenvalue weighted by molar-refractivity contribution is 0.340. The first-order valence-electron chi connectivity index (χ1n) is 6.26. The summed E-state index contributed by atoms with van der Waals surface area (Å²) in [4.78, 5) is 0. The van der Waals surface area contributed by atoms with Crippen LogP contribution in [0, 0.1) is 0 Å². The molecule has 96 valence electrons. The number of nitrogens with two attached hydrogens (primary N) is 1. The van der Waals surface area contributed by atoms with Crippen LogP contribution >= 0.6 is 0 Å². The molecule has 0 radical (unpaired) electrons. The molecule has 1 aromatic heterocycles. The summed E-state index contributed by atoms with van der Waals surface area (Å²) in [5.41, 5.74) is 8.35. The molecule has 0 aliphatic carbocycles. The number of ether oxygens (including phenoxy) is 1. The molecule has 1 atom stereocenters. The maximum absolute atomic E-state index is 6.26. The Morgan fingerprint density at radius 1 is 1.22 bits per heavy atom. The standard InChI is InChI=1S/C14H19N3O/c1-3-17-13(9-10-16-17)14(15)11-5-7-12(8-6-11)18-4-2/h5-10,14H,3-4,15H2,1-2H3.